The molecule has 0 spiro atoms. The summed E-state index contributed by atoms with van der Waals surface area (Å²) in [6.07, 6.45) is 1.58. The molecule has 5 heteroatoms. The van der Waals surface area contributed by atoms with Crippen LogP contribution in [0.2, 0.25) is 0 Å². The fraction of sp³-hybridized carbons (Fsp3) is 0.308. The molecule has 0 saturated carbocycles. The zero-order valence-electron chi connectivity index (χ0n) is 10.9. The van der Waals surface area contributed by atoms with Crippen LogP contribution in [0.5, 0.6) is 11.5 Å². The third-order valence-corrected chi connectivity index (χ3v) is 2.89. The van der Waals surface area contributed by atoms with Crippen LogP contribution in [0, 0.1) is 13.8 Å². The Morgan fingerprint density at radius 2 is 1.78 bits per heavy atom. The first-order chi connectivity index (χ1) is 8.60. The summed E-state index contributed by atoms with van der Waals surface area (Å²) in [4.78, 5) is 0. The number of benzene rings is 1. The first-order valence-electron chi connectivity index (χ1n) is 5.52. The second-order valence-corrected chi connectivity index (χ2v) is 4.06. The number of rotatable bonds is 3. The van der Waals surface area contributed by atoms with Gasteiger partial charge in [-0.3, -0.25) is 0 Å². The zero-order valence-corrected chi connectivity index (χ0v) is 10.9. The van der Waals surface area contributed by atoms with Crippen LogP contribution in [0.25, 0.3) is 11.1 Å². The summed E-state index contributed by atoms with van der Waals surface area (Å²) in [7, 11) is 3.21. The third-order valence-electron chi connectivity index (χ3n) is 2.89. The lowest BCUT2D eigenvalue weighted by atomic mass is 9.98. The van der Waals surface area contributed by atoms with E-state index < -0.39 is 0 Å². The average molecular weight is 248 g/mol. The molecule has 0 aliphatic heterocycles. The van der Waals surface area contributed by atoms with E-state index in [1.807, 2.05) is 19.9 Å². The number of aromatic nitrogens is 1. The Balaban J connectivity index is 2.78. The molecular weight excluding hydrogens is 232 g/mol. The molecule has 0 saturated heterocycles. The molecule has 2 rings (SSSR count). The smallest absolute Gasteiger partial charge is 0.230 e. The standard InChI is InChI=1S/C13H16N2O3/c1-7-5-8(2)11(16-3)12(17-4)10(7)9-6-15-18-13(9)14/h5-6H,14H2,1-4H3. The van der Waals surface area contributed by atoms with Crippen molar-refractivity contribution in [3.05, 3.63) is 23.4 Å². The van der Waals surface area contributed by atoms with Crippen molar-refractivity contribution in [3.8, 4) is 22.6 Å². The number of methoxy groups -OCH3 is 2. The fourth-order valence-electron chi connectivity index (χ4n) is 2.15. The quantitative estimate of drug-likeness (QED) is 0.903. The highest BCUT2D eigenvalue weighted by atomic mass is 16.5. The lowest BCUT2D eigenvalue weighted by Crippen LogP contribution is -1.99. The number of aryl methyl sites for hydroxylation is 2. The lowest BCUT2D eigenvalue weighted by molar-refractivity contribution is 0.354. The average Bonchev–Trinajstić information content (AvgIpc) is 2.74. The van der Waals surface area contributed by atoms with E-state index in [2.05, 4.69) is 5.16 Å². The molecule has 0 aliphatic carbocycles. The van der Waals surface area contributed by atoms with Crippen LogP contribution in [-0.4, -0.2) is 19.4 Å². The van der Waals surface area contributed by atoms with Crippen molar-refractivity contribution in [2.75, 3.05) is 20.0 Å². The molecule has 5 nitrogen and oxygen atoms in total. The maximum absolute atomic E-state index is 5.77. The Bertz CT molecular complexity index is 576. The summed E-state index contributed by atoms with van der Waals surface area (Å²) in [6.45, 7) is 3.95. The highest BCUT2D eigenvalue weighted by molar-refractivity contribution is 5.82. The van der Waals surface area contributed by atoms with Gasteiger partial charge in [-0.25, -0.2) is 0 Å². The number of nitrogens with two attached hydrogens (primary N) is 1. The van der Waals surface area contributed by atoms with Crippen molar-refractivity contribution >= 4 is 5.88 Å². The maximum Gasteiger partial charge on any atom is 0.230 e. The van der Waals surface area contributed by atoms with E-state index >= 15 is 0 Å². The molecule has 0 unspecified atom stereocenters. The molecule has 1 heterocycles. The highest BCUT2D eigenvalue weighted by Crippen LogP contribution is 2.44. The number of nitrogen functional groups attached to an aromatic ring is 1. The van der Waals surface area contributed by atoms with Gasteiger partial charge in [0.25, 0.3) is 0 Å². The van der Waals surface area contributed by atoms with Gasteiger partial charge in [0.1, 0.15) is 0 Å². The summed E-state index contributed by atoms with van der Waals surface area (Å²) >= 11 is 0. The van der Waals surface area contributed by atoms with Gasteiger partial charge in [-0.05, 0) is 25.0 Å². The van der Waals surface area contributed by atoms with E-state index in [0.717, 1.165) is 16.7 Å². The Morgan fingerprint density at radius 3 is 2.28 bits per heavy atom. The SMILES string of the molecule is COc1c(C)cc(C)c(-c2cnoc2N)c1OC. The first kappa shape index (κ1) is 12.3. The minimum atomic E-state index is 0.266. The van der Waals surface area contributed by atoms with Gasteiger partial charge in [0.05, 0.1) is 26.0 Å². The fourth-order valence-corrected chi connectivity index (χ4v) is 2.15. The van der Waals surface area contributed by atoms with Crippen LogP contribution in [0.1, 0.15) is 11.1 Å². The Hall–Kier alpha value is -2.17. The molecule has 0 fully saturated rings. The minimum absolute atomic E-state index is 0.266. The van der Waals surface area contributed by atoms with E-state index in [1.165, 1.54) is 0 Å². The van der Waals surface area contributed by atoms with Gasteiger partial charge in [-0.1, -0.05) is 11.2 Å². The molecule has 1 aromatic carbocycles. The van der Waals surface area contributed by atoms with Crippen molar-refractivity contribution < 1.29 is 14.0 Å². The van der Waals surface area contributed by atoms with Gasteiger partial charge >= 0.3 is 0 Å². The lowest BCUT2D eigenvalue weighted by Gasteiger charge is -2.16. The van der Waals surface area contributed by atoms with E-state index in [4.69, 9.17) is 19.7 Å². The van der Waals surface area contributed by atoms with Gasteiger partial charge in [0.2, 0.25) is 5.88 Å². The van der Waals surface area contributed by atoms with Crippen molar-refractivity contribution in [1.82, 2.24) is 5.16 Å². The Labute approximate surface area is 105 Å². The van der Waals surface area contributed by atoms with Crippen LogP contribution in [0.4, 0.5) is 5.88 Å². The predicted octanol–water partition coefficient (Wildman–Crippen LogP) is 2.56. The Kier molecular flexibility index (Phi) is 3.14. The first-order valence-corrected chi connectivity index (χ1v) is 5.52. The number of hydrogen-bond donors (Lipinski definition) is 1. The summed E-state index contributed by atoms with van der Waals surface area (Å²) in [5, 5.41) is 3.70. The van der Waals surface area contributed by atoms with Gasteiger partial charge in [-0.15, -0.1) is 0 Å². The molecule has 1 aromatic heterocycles. The topological polar surface area (TPSA) is 70.5 Å². The second kappa shape index (κ2) is 4.60. The summed E-state index contributed by atoms with van der Waals surface area (Å²) in [5.74, 6) is 1.60. The molecule has 0 radical (unpaired) electrons. The summed E-state index contributed by atoms with van der Waals surface area (Å²) < 4.78 is 15.8. The monoisotopic (exact) mass is 248 g/mol. The Morgan fingerprint density at radius 1 is 1.11 bits per heavy atom. The van der Waals surface area contributed by atoms with Gasteiger partial charge in [0, 0.05) is 5.56 Å². The van der Waals surface area contributed by atoms with Crippen molar-refractivity contribution in [1.29, 1.82) is 0 Å². The molecule has 0 bridgehead atoms. The molecule has 96 valence electrons. The van der Waals surface area contributed by atoms with Gasteiger partial charge in [0.15, 0.2) is 11.5 Å². The zero-order chi connectivity index (χ0) is 13.3. The number of anilines is 1. The summed E-state index contributed by atoms with van der Waals surface area (Å²) in [6, 6.07) is 2.02. The van der Waals surface area contributed by atoms with E-state index in [0.29, 0.717) is 17.1 Å². The van der Waals surface area contributed by atoms with E-state index in [1.54, 1.807) is 20.4 Å². The van der Waals surface area contributed by atoms with Crippen LogP contribution >= 0.6 is 0 Å². The largest absolute Gasteiger partial charge is 0.493 e. The third kappa shape index (κ3) is 1.77. The second-order valence-electron chi connectivity index (χ2n) is 4.06. The minimum Gasteiger partial charge on any atom is -0.493 e. The predicted molar refractivity (Wildman–Crippen MR) is 68.9 cm³/mol. The molecule has 2 aromatic rings. The molecular formula is C13H16N2O3. The van der Waals surface area contributed by atoms with Crippen molar-refractivity contribution in [3.63, 3.8) is 0 Å². The van der Waals surface area contributed by atoms with Crippen molar-refractivity contribution in [2.24, 2.45) is 0 Å². The van der Waals surface area contributed by atoms with Crippen LogP contribution in [-0.2, 0) is 0 Å². The molecule has 2 N–H and O–H groups in total. The van der Waals surface area contributed by atoms with Crippen LogP contribution < -0.4 is 15.2 Å². The van der Waals surface area contributed by atoms with Crippen molar-refractivity contribution in [2.45, 2.75) is 13.8 Å². The van der Waals surface area contributed by atoms with E-state index in [9.17, 15) is 0 Å². The molecule has 0 aliphatic rings. The van der Waals surface area contributed by atoms with E-state index in [-0.39, 0.29) is 5.88 Å². The molecule has 0 atom stereocenters. The number of ether oxygens (including phenoxy) is 2. The van der Waals surface area contributed by atoms with Gasteiger partial charge in [-0.2, -0.15) is 0 Å². The number of nitrogens with zero attached hydrogens (tertiary/aromatic N) is 1. The molecule has 0 amide bonds. The van der Waals surface area contributed by atoms with Crippen LogP contribution in [0.15, 0.2) is 16.8 Å². The summed E-state index contributed by atoms with van der Waals surface area (Å²) in [5.41, 5.74) is 9.36. The molecule has 18 heavy (non-hydrogen) atoms. The highest BCUT2D eigenvalue weighted by Gasteiger charge is 2.20. The normalized spacial score (nSPS) is 10.4. The maximum atomic E-state index is 5.77. The van der Waals surface area contributed by atoms with Gasteiger partial charge < -0.3 is 19.7 Å². The van der Waals surface area contributed by atoms with Crippen LogP contribution in [0.3, 0.4) is 0 Å². The number of hydrogen-bond acceptors (Lipinski definition) is 5.